The lowest BCUT2D eigenvalue weighted by molar-refractivity contribution is -0.119. The summed E-state index contributed by atoms with van der Waals surface area (Å²) in [4.78, 5) is 41.1. The predicted molar refractivity (Wildman–Crippen MR) is 137 cm³/mol. The van der Waals surface area contributed by atoms with Crippen molar-refractivity contribution >= 4 is 23.2 Å². The van der Waals surface area contributed by atoms with Crippen molar-refractivity contribution in [2.24, 2.45) is 10.8 Å². The maximum absolute atomic E-state index is 13.8. The highest BCUT2D eigenvalue weighted by Gasteiger charge is 2.49. The van der Waals surface area contributed by atoms with Crippen molar-refractivity contribution in [2.45, 2.75) is 59.3 Å². The molecular formula is C30H31NO5. The summed E-state index contributed by atoms with van der Waals surface area (Å²) in [5, 5.41) is 19.3. The third-order valence-corrected chi connectivity index (χ3v) is 7.51. The Morgan fingerprint density at radius 1 is 0.778 bits per heavy atom. The minimum Gasteiger partial charge on any atom is -0.508 e. The fraction of sp³-hybridized carbons (Fsp3) is 0.367. The number of rotatable bonds is 3. The molecule has 3 aliphatic rings. The zero-order valence-corrected chi connectivity index (χ0v) is 21.1. The smallest absolute Gasteiger partial charge is 0.335 e. The molecule has 0 saturated carbocycles. The van der Waals surface area contributed by atoms with Crippen LogP contribution in [0.4, 0.5) is 5.69 Å². The molecule has 0 unspecified atom stereocenters. The third-order valence-electron chi connectivity index (χ3n) is 7.51. The Balaban J connectivity index is 1.80. The summed E-state index contributed by atoms with van der Waals surface area (Å²) >= 11 is 0. The quantitative estimate of drug-likeness (QED) is 0.555. The molecule has 2 aromatic rings. The Labute approximate surface area is 210 Å². The minimum atomic E-state index is -1.00. The lowest BCUT2D eigenvalue weighted by Crippen LogP contribution is -2.44. The van der Waals surface area contributed by atoms with Gasteiger partial charge in [-0.15, -0.1) is 0 Å². The molecule has 186 valence electrons. The third kappa shape index (κ3) is 4.04. The number of carboxylic acid groups (broad SMARTS) is 1. The number of aromatic hydroxyl groups is 1. The van der Waals surface area contributed by atoms with Crippen LogP contribution in [-0.4, -0.2) is 27.7 Å². The number of phenolic OH excluding ortho intramolecular Hbond substituents is 1. The molecule has 0 amide bonds. The topological polar surface area (TPSA) is 94.9 Å². The van der Waals surface area contributed by atoms with Gasteiger partial charge in [0.2, 0.25) is 0 Å². The van der Waals surface area contributed by atoms with Gasteiger partial charge in [0.15, 0.2) is 11.6 Å². The summed E-state index contributed by atoms with van der Waals surface area (Å²) in [5.41, 5.74) is 4.24. The molecule has 0 aromatic heterocycles. The maximum Gasteiger partial charge on any atom is 0.335 e. The van der Waals surface area contributed by atoms with E-state index in [0.717, 1.165) is 22.6 Å². The normalized spacial score (nSPS) is 21.4. The van der Waals surface area contributed by atoms with Crippen LogP contribution in [0.2, 0.25) is 0 Å². The summed E-state index contributed by atoms with van der Waals surface area (Å²) in [5.74, 6) is -1.32. The number of Topliss-reactive ketones (excluding diaryl/α,β-unsaturated/α-hetero) is 2. The van der Waals surface area contributed by atoms with Crippen molar-refractivity contribution in [1.82, 2.24) is 0 Å². The number of phenols is 1. The summed E-state index contributed by atoms with van der Waals surface area (Å²) < 4.78 is 0. The molecule has 1 aliphatic heterocycles. The molecule has 6 nitrogen and oxygen atoms in total. The van der Waals surface area contributed by atoms with Crippen LogP contribution in [0.1, 0.15) is 75.2 Å². The van der Waals surface area contributed by atoms with Gasteiger partial charge in [-0.25, -0.2) is 4.79 Å². The Morgan fingerprint density at radius 3 is 1.69 bits per heavy atom. The van der Waals surface area contributed by atoms with E-state index in [4.69, 9.17) is 0 Å². The van der Waals surface area contributed by atoms with E-state index in [1.807, 2.05) is 0 Å². The van der Waals surface area contributed by atoms with E-state index in [1.54, 1.807) is 48.5 Å². The van der Waals surface area contributed by atoms with E-state index in [-0.39, 0.29) is 33.7 Å². The van der Waals surface area contributed by atoms with Gasteiger partial charge in [0, 0.05) is 47.0 Å². The van der Waals surface area contributed by atoms with Crippen molar-refractivity contribution in [3.05, 3.63) is 82.2 Å². The summed E-state index contributed by atoms with van der Waals surface area (Å²) in [6, 6.07) is 13.4. The first-order valence-electron chi connectivity index (χ1n) is 12.3. The second kappa shape index (κ2) is 8.19. The van der Waals surface area contributed by atoms with Crippen molar-refractivity contribution in [3.8, 4) is 5.75 Å². The molecule has 0 saturated heterocycles. The van der Waals surface area contributed by atoms with E-state index in [1.165, 1.54) is 0 Å². The van der Waals surface area contributed by atoms with Crippen molar-refractivity contribution in [2.75, 3.05) is 4.90 Å². The van der Waals surface area contributed by atoms with E-state index in [2.05, 4.69) is 32.6 Å². The highest BCUT2D eigenvalue weighted by atomic mass is 16.4. The standard InChI is InChI=1S/C30H31NO5/c1-29(2)13-21-26(23(33)15-29)25(17-7-11-20(32)12-8-17)27-22(14-30(3,4)16-24(27)34)31(21)19-9-5-18(6-10-19)28(35)36/h5-12,25,32H,13-16H2,1-4H3,(H,35,36). The zero-order valence-electron chi connectivity index (χ0n) is 21.1. The lowest BCUT2D eigenvalue weighted by Gasteiger charge is -2.49. The van der Waals surface area contributed by atoms with Crippen molar-refractivity contribution < 1.29 is 24.6 Å². The number of hydrogen-bond acceptors (Lipinski definition) is 5. The first-order chi connectivity index (χ1) is 16.9. The van der Waals surface area contributed by atoms with Crippen LogP contribution in [-0.2, 0) is 9.59 Å². The molecule has 0 spiro atoms. The fourth-order valence-electron chi connectivity index (χ4n) is 6.03. The summed E-state index contributed by atoms with van der Waals surface area (Å²) in [6.07, 6.45) is 2.06. The number of ketones is 2. The van der Waals surface area contributed by atoms with Crippen molar-refractivity contribution in [3.63, 3.8) is 0 Å². The first-order valence-corrected chi connectivity index (χ1v) is 12.3. The van der Waals surface area contributed by atoms with Crippen LogP contribution in [0.3, 0.4) is 0 Å². The average Bonchev–Trinajstić information content (AvgIpc) is 2.77. The van der Waals surface area contributed by atoms with Crippen molar-refractivity contribution in [1.29, 1.82) is 0 Å². The van der Waals surface area contributed by atoms with Crippen LogP contribution < -0.4 is 4.90 Å². The average molecular weight is 486 g/mol. The minimum absolute atomic E-state index is 0.0238. The fourth-order valence-corrected chi connectivity index (χ4v) is 6.03. The number of anilines is 1. The molecule has 2 N–H and O–H groups in total. The molecule has 0 bridgehead atoms. The van der Waals surface area contributed by atoms with Crippen LogP contribution >= 0.6 is 0 Å². The van der Waals surface area contributed by atoms with E-state index < -0.39 is 11.9 Å². The summed E-state index contributed by atoms with van der Waals surface area (Å²) in [6.45, 7) is 8.32. The number of hydrogen-bond donors (Lipinski definition) is 2. The largest absolute Gasteiger partial charge is 0.508 e. The Kier molecular flexibility index (Phi) is 5.47. The van der Waals surface area contributed by atoms with Gasteiger partial charge in [-0.05, 0) is 65.6 Å². The maximum atomic E-state index is 13.8. The second-order valence-electron chi connectivity index (χ2n) is 11.8. The number of carboxylic acids is 1. The van der Waals surface area contributed by atoms with Crippen LogP contribution in [0.25, 0.3) is 0 Å². The predicted octanol–water partition coefficient (Wildman–Crippen LogP) is 5.98. The number of allylic oxidation sites excluding steroid dienone is 4. The highest BCUT2D eigenvalue weighted by molar-refractivity contribution is 6.08. The number of carbonyl (C=O) groups excluding carboxylic acids is 2. The molecule has 0 radical (unpaired) electrons. The van der Waals surface area contributed by atoms with Crippen LogP contribution in [0.15, 0.2) is 71.1 Å². The number of carbonyl (C=O) groups is 3. The van der Waals surface area contributed by atoms with Gasteiger partial charge in [0.1, 0.15) is 5.75 Å². The second-order valence-corrected chi connectivity index (χ2v) is 11.8. The molecule has 2 aliphatic carbocycles. The van der Waals surface area contributed by atoms with Crippen LogP contribution in [0, 0.1) is 10.8 Å². The molecular weight excluding hydrogens is 454 g/mol. The highest BCUT2D eigenvalue weighted by Crippen LogP contribution is 2.55. The molecule has 0 atom stereocenters. The lowest BCUT2D eigenvalue weighted by atomic mass is 9.63. The first kappa shape index (κ1) is 24.0. The molecule has 2 aromatic carbocycles. The molecule has 0 fully saturated rings. The monoisotopic (exact) mass is 485 g/mol. The number of aromatic carboxylic acids is 1. The van der Waals surface area contributed by atoms with Gasteiger partial charge in [-0.3, -0.25) is 9.59 Å². The Morgan fingerprint density at radius 2 is 1.25 bits per heavy atom. The van der Waals surface area contributed by atoms with Gasteiger partial charge in [-0.1, -0.05) is 39.8 Å². The van der Waals surface area contributed by atoms with E-state index in [0.29, 0.717) is 36.8 Å². The number of benzene rings is 2. The SMILES string of the molecule is CC1(C)CC(=O)C2=C(C1)N(c1ccc(C(=O)O)cc1)C1=C(C(=O)CC(C)(C)C1)C2c1ccc(O)cc1. The number of nitrogens with zero attached hydrogens (tertiary/aromatic N) is 1. The van der Waals surface area contributed by atoms with E-state index >= 15 is 0 Å². The van der Waals surface area contributed by atoms with Gasteiger partial charge in [0.25, 0.3) is 0 Å². The molecule has 6 heteroatoms. The van der Waals surface area contributed by atoms with Gasteiger partial charge < -0.3 is 15.1 Å². The van der Waals surface area contributed by atoms with E-state index in [9.17, 15) is 24.6 Å². The van der Waals surface area contributed by atoms with Crippen LogP contribution in [0.5, 0.6) is 5.75 Å². The van der Waals surface area contributed by atoms with Gasteiger partial charge in [0.05, 0.1) is 5.56 Å². The Bertz CT molecular complexity index is 1290. The van der Waals surface area contributed by atoms with Gasteiger partial charge >= 0.3 is 5.97 Å². The Hall–Kier alpha value is -3.67. The molecule has 1 heterocycles. The molecule has 5 rings (SSSR count). The molecule has 36 heavy (non-hydrogen) atoms. The van der Waals surface area contributed by atoms with Gasteiger partial charge in [-0.2, -0.15) is 0 Å². The summed E-state index contributed by atoms with van der Waals surface area (Å²) in [7, 11) is 0. The zero-order chi connectivity index (χ0) is 26.0.